The third-order valence-electron chi connectivity index (χ3n) is 3.38. The highest BCUT2D eigenvalue weighted by Gasteiger charge is 2.24. The number of nitrogens with zero attached hydrogens (tertiary/aromatic N) is 3. The first-order valence-electron chi connectivity index (χ1n) is 6.80. The van der Waals surface area contributed by atoms with Crippen LogP contribution in [0.3, 0.4) is 0 Å². The molecule has 5 nitrogen and oxygen atoms in total. The smallest absolute Gasteiger partial charge is 0.181 e. The molecule has 1 unspecified atom stereocenters. The Kier molecular flexibility index (Phi) is 3.30. The molecule has 20 heavy (non-hydrogen) atoms. The number of rotatable bonds is 3. The summed E-state index contributed by atoms with van der Waals surface area (Å²) in [6.45, 7) is 3.18. The lowest BCUT2D eigenvalue weighted by molar-refractivity contribution is 0.252. The highest BCUT2D eigenvalue weighted by atomic mass is 19.1. The van der Waals surface area contributed by atoms with Crippen molar-refractivity contribution in [3.8, 4) is 17.1 Å². The van der Waals surface area contributed by atoms with E-state index in [0.717, 1.165) is 18.5 Å². The van der Waals surface area contributed by atoms with Crippen molar-refractivity contribution in [1.82, 2.24) is 14.8 Å². The lowest BCUT2D eigenvalue weighted by Gasteiger charge is -2.14. The quantitative estimate of drug-likeness (QED) is 0.875. The Labute approximate surface area is 116 Å². The molecule has 1 atom stereocenters. The van der Waals surface area contributed by atoms with E-state index in [2.05, 4.69) is 10.1 Å². The molecule has 2 aromatic rings. The van der Waals surface area contributed by atoms with E-state index >= 15 is 0 Å². The van der Waals surface area contributed by atoms with Crippen LogP contribution in [0.1, 0.15) is 31.8 Å². The molecular formula is C14H17FN4O. The Hall–Kier alpha value is -2.11. The maximum Gasteiger partial charge on any atom is 0.181 e. The van der Waals surface area contributed by atoms with Gasteiger partial charge in [0, 0.05) is 12.1 Å². The highest BCUT2D eigenvalue weighted by Crippen LogP contribution is 2.31. The number of hydrogen-bond donors (Lipinski definition) is 1. The number of benzene rings is 1. The third-order valence-corrected chi connectivity index (χ3v) is 3.38. The number of anilines is 1. The summed E-state index contributed by atoms with van der Waals surface area (Å²) in [5.41, 5.74) is 7.25. The first kappa shape index (κ1) is 12.9. The zero-order valence-electron chi connectivity index (χ0n) is 11.3. The average Bonchev–Trinajstić information content (AvgIpc) is 2.87. The van der Waals surface area contributed by atoms with Crippen LogP contribution >= 0.6 is 0 Å². The normalized spacial score (nSPS) is 17.8. The lowest BCUT2D eigenvalue weighted by Crippen LogP contribution is -2.14. The maximum absolute atomic E-state index is 13.8. The molecule has 0 bridgehead atoms. The fraction of sp³-hybridized carbons (Fsp3) is 0.429. The van der Waals surface area contributed by atoms with Gasteiger partial charge in [-0.2, -0.15) is 5.10 Å². The molecular weight excluding hydrogens is 259 g/mol. The fourth-order valence-electron chi connectivity index (χ4n) is 2.40. The van der Waals surface area contributed by atoms with Gasteiger partial charge in [-0.1, -0.05) is 0 Å². The Bertz CT molecular complexity index is 626. The summed E-state index contributed by atoms with van der Waals surface area (Å²) in [5, 5.41) is 4.36. The van der Waals surface area contributed by atoms with Gasteiger partial charge in [-0.05, 0) is 38.0 Å². The van der Waals surface area contributed by atoms with Crippen molar-refractivity contribution in [1.29, 1.82) is 0 Å². The third kappa shape index (κ3) is 2.21. The Morgan fingerprint density at radius 1 is 1.50 bits per heavy atom. The van der Waals surface area contributed by atoms with Gasteiger partial charge in [-0.3, -0.25) is 0 Å². The number of ether oxygens (including phenoxy) is 1. The molecule has 0 saturated heterocycles. The molecule has 0 saturated carbocycles. The second-order valence-electron chi connectivity index (χ2n) is 4.81. The topological polar surface area (TPSA) is 66.0 Å². The standard InChI is InChI=1S/C14H17FN4O/c1-2-20-12-6-5-9(8-11(12)16)13-17-14-10(15)4-3-7-19(14)18-13/h5-6,8,10H,2-4,7,16H2,1H3. The second kappa shape index (κ2) is 5.11. The van der Waals surface area contributed by atoms with E-state index in [4.69, 9.17) is 10.5 Å². The van der Waals surface area contributed by atoms with Crippen LogP contribution in [0.4, 0.5) is 10.1 Å². The fourth-order valence-corrected chi connectivity index (χ4v) is 2.40. The van der Waals surface area contributed by atoms with Crippen LogP contribution in [-0.4, -0.2) is 21.4 Å². The Balaban J connectivity index is 1.95. The predicted octanol–water partition coefficient (Wildman–Crippen LogP) is 2.73. The Morgan fingerprint density at radius 3 is 3.05 bits per heavy atom. The van der Waals surface area contributed by atoms with E-state index in [1.807, 2.05) is 13.0 Å². The van der Waals surface area contributed by atoms with Gasteiger partial charge >= 0.3 is 0 Å². The van der Waals surface area contributed by atoms with Crippen LogP contribution in [-0.2, 0) is 6.54 Å². The van der Waals surface area contributed by atoms with Crippen molar-refractivity contribution in [2.24, 2.45) is 0 Å². The molecule has 0 spiro atoms. The molecule has 1 aliphatic rings. The molecule has 106 valence electrons. The molecule has 1 aliphatic heterocycles. The van der Waals surface area contributed by atoms with Gasteiger partial charge in [-0.15, -0.1) is 0 Å². The summed E-state index contributed by atoms with van der Waals surface area (Å²) in [4.78, 5) is 4.30. The number of hydrogen-bond acceptors (Lipinski definition) is 4. The number of nitrogen functional groups attached to an aromatic ring is 1. The molecule has 0 amide bonds. The van der Waals surface area contributed by atoms with E-state index in [1.54, 1.807) is 16.8 Å². The van der Waals surface area contributed by atoms with E-state index in [0.29, 0.717) is 36.1 Å². The minimum absolute atomic E-state index is 0.415. The molecule has 0 radical (unpaired) electrons. The minimum Gasteiger partial charge on any atom is -0.492 e. The Morgan fingerprint density at radius 2 is 2.35 bits per heavy atom. The van der Waals surface area contributed by atoms with Gasteiger partial charge < -0.3 is 10.5 Å². The van der Waals surface area contributed by atoms with Gasteiger partial charge in [-0.25, -0.2) is 14.1 Å². The number of halogens is 1. The van der Waals surface area contributed by atoms with Gasteiger partial charge in [0.15, 0.2) is 17.8 Å². The zero-order valence-corrected chi connectivity index (χ0v) is 11.3. The molecule has 2 N–H and O–H groups in total. The maximum atomic E-state index is 13.8. The first-order valence-corrected chi connectivity index (χ1v) is 6.80. The predicted molar refractivity (Wildman–Crippen MR) is 74.1 cm³/mol. The summed E-state index contributed by atoms with van der Waals surface area (Å²) < 4.78 is 20.8. The summed E-state index contributed by atoms with van der Waals surface area (Å²) in [5.74, 6) is 1.57. The van der Waals surface area contributed by atoms with Gasteiger partial charge in [0.1, 0.15) is 5.75 Å². The molecule has 3 rings (SSSR count). The van der Waals surface area contributed by atoms with Crippen molar-refractivity contribution < 1.29 is 9.13 Å². The van der Waals surface area contributed by atoms with Crippen molar-refractivity contribution in [3.63, 3.8) is 0 Å². The van der Waals surface area contributed by atoms with Crippen LogP contribution in [0.15, 0.2) is 18.2 Å². The van der Waals surface area contributed by atoms with Gasteiger partial charge in [0.05, 0.1) is 12.3 Å². The number of aryl methyl sites for hydroxylation is 1. The van der Waals surface area contributed by atoms with Crippen LogP contribution in [0.25, 0.3) is 11.4 Å². The molecule has 1 aromatic heterocycles. The number of fused-ring (bicyclic) bond motifs is 1. The largest absolute Gasteiger partial charge is 0.492 e. The van der Waals surface area contributed by atoms with E-state index in [-0.39, 0.29) is 0 Å². The molecule has 0 fully saturated rings. The molecule has 0 aliphatic carbocycles. The van der Waals surface area contributed by atoms with Crippen molar-refractivity contribution >= 4 is 5.69 Å². The molecule has 1 aromatic carbocycles. The van der Waals surface area contributed by atoms with Crippen molar-refractivity contribution in [2.75, 3.05) is 12.3 Å². The second-order valence-corrected chi connectivity index (χ2v) is 4.81. The van der Waals surface area contributed by atoms with Gasteiger partial charge in [0.25, 0.3) is 0 Å². The van der Waals surface area contributed by atoms with E-state index in [9.17, 15) is 4.39 Å². The summed E-state index contributed by atoms with van der Waals surface area (Å²) in [6, 6.07) is 5.40. The summed E-state index contributed by atoms with van der Waals surface area (Å²) >= 11 is 0. The van der Waals surface area contributed by atoms with E-state index < -0.39 is 6.17 Å². The average molecular weight is 276 g/mol. The van der Waals surface area contributed by atoms with Gasteiger partial charge in [0.2, 0.25) is 0 Å². The monoisotopic (exact) mass is 276 g/mol. The number of alkyl halides is 1. The van der Waals surface area contributed by atoms with Crippen molar-refractivity contribution in [3.05, 3.63) is 24.0 Å². The van der Waals surface area contributed by atoms with E-state index in [1.165, 1.54) is 0 Å². The van der Waals surface area contributed by atoms with Crippen LogP contribution in [0.5, 0.6) is 5.75 Å². The van der Waals surface area contributed by atoms with Crippen LogP contribution < -0.4 is 10.5 Å². The molecule has 2 heterocycles. The summed E-state index contributed by atoms with van der Waals surface area (Å²) in [6.07, 6.45) is 0.288. The highest BCUT2D eigenvalue weighted by molar-refractivity contribution is 5.66. The summed E-state index contributed by atoms with van der Waals surface area (Å²) in [7, 11) is 0. The lowest BCUT2D eigenvalue weighted by atomic mass is 10.1. The van der Waals surface area contributed by atoms with Crippen molar-refractivity contribution in [2.45, 2.75) is 32.5 Å². The molecule has 6 heteroatoms. The SMILES string of the molecule is CCOc1ccc(-c2nc3n(n2)CCCC3F)cc1N. The zero-order chi connectivity index (χ0) is 14.1. The first-order chi connectivity index (χ1) is 9.69. The van der Waals surface area contributed by atoms with Crippen LogP contribution in [0.2, 0.25) is 0 Å². The van der Waals surface area contributed by atoms with Crippen LogP contribution in [0, 0.1) is 0 Å². The number of aromatic nitrogens is 3. The number of nitrogens with two attached hydrogens (primary N) is 1. The minimum atomic E-state index is -1.02.